The van der Waals surface area contributed by atoms with Crippen LogP contribution in [0.2, 0.25) is 0 Å². The molecule has 0 unspecified atom stereocenters. The number of rotatable bonds is 7. The minimum Gasteiger partial charge on any atom is -0.373 e. The molecule has 162 valence electrons. The largest absolute Gasteiger partial charge is 0.373 e. The number of hydrogen-bond acceptors (Lipinski definition) is 7. The lowest BCUT2D eigenvalue weighted by atomic mass is 10.1. The predicted octanol–water partition coefficient (Wildman–Crippen LogP) is 2.18. The van der Waals surface area contributed by atoms with Crippen molar-refractivity contribution in [2.45, 2.75) is 0 Å². The van der Waals surface area contributed by atoms with Gasteiger partial charge in [-0.05, 0) is 44.4 Å². The van der Waals surface area contributed by atoms with Crippen LogP contribution in [-0.2, 0) is 0 Å². The maximum Gasteiger partial charge on any atom is 0.275 e. The number of nitrogens with zero attached hydrogens (tertiary/aromatic N) is 8. The molecule has 0 atom stereocenters. The van der Waals surface area contributed by atoms with Crippen molar-refractivity contribution in [1.29, 1.82) is 10.5 Å². The van der Waals surface area contributed by atoms with Crippen LogP contribution in [-0.4, -0.2) is 72.9 Å². The summed E-state index contributed by atoms with van der Waals surface area (Å²) in [6.45, 7) is 1.54. The van der Waals surface area contributed by atoms with Crippen LogP contribution in [0, 0.1) is 22.7 Å². The van der Waals surface area contributed by atoms with Gasteiger partial charge in [-0.3, -0.25) is 4.79 Å². The van der Waals surface area contributed by atoms with E-state index in [1.807, 2.05) is 26.0 Å². The molecule has 1 aromatic carbocycles. The van der Waals surface area contributed by atoms with E-state index in [0.717, 1.165) is 18.8 Å². The van der Waals surface area contributed by atoms with Gasteiger partial charge in [0, 0.05) is 44.6 Å². The van der Waals surface area contributed by atoms with Crippen molar-refractivity contribution in [3.05, 3.63) is 65.0 Å². The summed E-state index contributed by atoms with van der Waals surface area (Å²) in [5.74, 6) is -0.334. The highest BCUT2D eigenvalue weighted by atomic mass is 16.2. The summed E-state index contributed by atoms with van der Waals surface area (Å²) >= 11 is 0. The van der Waals surface area contributed by atoms with Crippen LogP contribution in [0.4, 0.5) is 5.69 Å². The number of nitriles is 2. The van der Waals surface area contributed by atoms with Gasteiger partial charge in [0.05, 0.1) is 46.8 Å². The first kappa shape index (κ1) is 22.5. The van der Waals surface area contributed by atoms with Crippen LogP contribution in [0.1, 0.15) is 27.0 Å². The zero-order valence-electron chi connectivity index (χ0n) is 18.5. The third-order valence-electron chi connectivity index (χ3n) is 4.99. The zero-order chi connectivity index (χ0) is 23.3. The summed E-state index contributed by atoms with van der Waals surface area (Å²) < 4.78 is 1.64. The molecule has 0 spiro atoms. The average Bonchev–Trinajstić information content (AvgIpc) is 3.21. The summed E-state index contributed by atoms with van der Waals surface area (Å²) in [6.07, 6.45) is 4.85. The van der Waals surface area contributed by atoms with Gasteiger partial charge in [-0.1, -0.05) is 0 Å². The van der Waals surface area contributed by atoms with Crippen LogP contribution < -0.4 is 4.90 Å². The molecule has 32 heavy (non-hydrogen) atoms. The van der Waals surface area contributed by atoms with Crippen LogP contribution in [0.3, 0.4) is 0 Å². The Balaban J connectivity index is 1.88. The Morgan fingerprint density at radius 2 is 1.81 bits per heavy atom. The third-order valence-corrected chi connectivity index (χ3v) is 4.99. The zero-order valence-corrected chi connectivity index (χ0v) is 18.5. The van der Waals surface area contributed by atoms with Crippen LogP contribution >= 0.6 is 0 Å². The summed E-state index contributed by atoms with van der Waals surface area (Å²) in [5, 5.41) is 28.2. The van der Waals surface area contributed by atoms with E-state index < -0.39 is 0 Å². The van der Waals surface area contributed by atoms with Crippen LogP contribution in [0.15, 0.2) is 47.8 Å². The second-order valence-corrected chi connectivity index (χ2v) is 7.60. The first-order valence-electron chi connectivity index (χ1n) is 9.93. The first-order chi connectivity index (χ1) is 15.3. The molecule has 9 heteroatoms. The van der Waals surface area contributed by atoms with E-state index in [-0.39, 0.29) is 5.91 Å². The quantitative estimate of drug-likeness (QED) is 0.422. The number of amides is 1. The van der Waals surface area contributed by atoms with E-state index in [0.29, 0.717) is 27.8 Å². The minimum absolute atomic E-state index is 0.334. The predicted molar refractivity (Wildman–Crippen MR) is 123 cm³/mol. The molecule has 0 aliphatic rings. The Morgan fingerprint density at radius 3 is 2.50 bits per heavy atom. The number of carbonyl (C=O) groups is 1. The Hall–Kier alpha value is -4.21. The topological polar surface area (TPSA) is 104 Å². The molecule has 0 fully saturated rings. The van der Waals surface area contributed by atoms with Crippen molar-refractivity contribution >= 4 is 23.3 Å². The molecule has 2 heterocycles. The minimum atomic E-state index is -0.334. The van der Waals surface area contributed by atoms with Crippen molar-refractivity contribution in [2.75, 3.05) is 46.2 Å². The van der Waals surface area contributed by atoms with E-state index in [9.17, 15) is 10.1 Å². The molecule has 0 saturated carbocycles. The molecule has 3 rings (SSSR count). The van der Waals surface area contributed by atoms with Gasteiger partial charge < -0.3 is 9.80 Å². The molecular formula is C23H24N8O. The van der Waals surface area contributed by atoms with Gasteiger partial charge in [-0.15, -0.1) is 0 Å². The third kappa shape index (κ3) is 4.91. The fraction of sp³-hybridized carbons (Fsp3) is 0.261. The number of hydrogen-bond donors (Lipinski definition) is 0. The number of hydrazone groups is 1. The summed E-state index contributed by atoms with van der Waals surface area (Å²) in [5.41, 5.74) is 3.43. The van der Waals surface area contributed by atoms with Gasteiger partial charge in [0.2, 0.25) is 0 Å². The van der Waals surface area contributed by atoms with Gasteiger partial charge in [0.15, 0.2) is 0 Å². The Morgan fingerprint density at radius 1 is 1.09 bits per heavy atom. The maximum atomic E-state index is 13.2. The molecule has 0 radical (unpaired) electrons. The molecule has 0 saturated heterocycles. The number of likely N-dealkylation sites (N-methyl/N-ethyl adjacent to an activating group) is 2. The van der Waals surface area contributed by atoms with Crippen molar-refractivity contribution in [3.8, 4) is 12.1 Å². The lowest BCUT2D eigenvalue weighted by molar-refractivity contribution is 0.0801. The molecule has 0 N–H and O–H groups in total. The van der Waals surface area contributed by atoms with E-state index in [2.05, 4.69) is 27.2 Å². The highest BCUT2D eigenvalue weighted by Crippen LogP contribution is 2.23. The van der Waals surface area contributed by atoms with E-state index in [1.54, 1.807) is 54.3 Å². The molecule has 3 aromatic rings. The lowest BCUT2D eigenvalue weighted by Gasteiger charge is -2.24. The number of aromatic nitrogens is 2. The fourth-order valence-electron chi connectivity index (χ4n) is 3.12. The van der Waals surface area contributed by atoms with E-state index in [1.165, 1.54) is 11.2 Å². The number of fused-ring (bicyclic) bond motifs is 1. The monoisotopic (exact) mass is 428 g/mol. The summed E-state index contributed by atoms with van der Waals surface area (Å²) in [4.78, 5) is 17.2. The second-order valence-electron chi connectivity index (χ2n) is 7.60. The van der Waals surface area contributed by atoms with Crippen molar-refractivity contribution in [2.24, 2.45) is 5.10 Å². The van der Waals surface area contributed by atoms with Gasteiger partial charge in [0.25, 0.3) is 5.91 Å². The van der Waals surface area contributed by atoms with Crippen molar-refractivity contribution < 1.29 is 4.79 Å². The highest BCUT2D eigenvalue weighted by molar-refractivity contribution is 6.00. The maximum absolute atomic E-state index is 13.2. The van der Waals surface area contributed by atoms with E-state index in [4.69, 9.17) is 5.26 Å². The molecule has 0 aliphatic heterocycles. The second kappa shape index (κ2) is 9.73. The first-order valence-corrected chi connectivity index (χ1v) is 9.93. The van der Waals surface area contributed by atoms with Crippen LogP contribution in [0.25, 0.3) is 5.52 Å². The molecule has 0 bridgehead atoms. The summed E-state index contributed by atoms with van der Waals surface area (Å²) in [6, 6.07) is 12.7. The fourth-order valence-corrected chi connectivity index (χ4v) is 3.12. The Labute approximate surface area is 187 Å². The smallest absolute Gasteiger partial charge is 0.275 e. The van der Waals surface area contributed by atoms with Gasteiger partial charge in [0.1, 0.15) is 0 Å². The molecule has 0 aliphatic carbocycles. The SMILES string of the molecule is CN(C)CCN(C)c1ccc(C#N)cc1C(=O)N(C)/N=C/c1cnn2ccc(C#N)cc12. The number of anilines is 1. The lowest BCUT2D eigenvalue weighted by Crippen LogP contribution is -2.31. The molecule has 9 nitrogen and oxygen atoms in total. The normalized spacial score (nSPS) is 11.0. The Bertz CT molecular complexity index is 1250. The van der Waals surface area contributed by atoms with Gasteiger partial charge >= 0.3 is 0 Å². The van der Waals surface area contributed by atoms with Gasteiger partial charge in [-0.2, -0.15) is 20.7 Å². The molecule has 1 amide bonds. The van der Waals surface area contributed by atoms with Crippen molar-refractivity contribution in [1.82, 2.24) is 19.5 Å². The molecular weight excluding hydrogens is 404 g/mol. The van der Waals surface area contributed by atoms with Crippen molar-refractivity contribution in [3.63, 3.8) is 0 Å². The summed E-state index contributed by atoms with van der Waals surface area (Å²) in [7, 11) is 7.45. The van der Waals surface area contributed by atoms with Crippen LogP contribution in [0.5, 0.6) is 0 Å². The number of pyridine rings is 1. The standard InChI is InChI=1S/C23H24N8O/c1-28(2)9-10-29(3)21-6-5-17(13-24)11-20(21)23(32)30(4)26-15-19-16-27-31-8-7-18(14-25)12-22(19)31/h5-8,11-12,15-16H,9-10H2,1-4H3/b26-15+. The molecule has 2 aromatic heterocycles. The average molecular weight is 429 g/mol. The highest BCUT2D eigenvalue weighted by Gasteiger charge is 2.19. The van der Waals surface area contributed by atoms with E-state index >= 15 is 0 Å². The number of carbonyl (C=O) groups excluding carboxylic acids is 1. The van der Waals surface area contributed by atoms with Gasteiger partial charge in [-0.25, -0.2) is 9.52 Å². The Kier molecular flexibility index (Phi) is 6.83. The number of benzene rings is 1.